The van der Waals surface area contributed by atoms with Crippen LogP contribution in [-0.2, 0) is 9.53 Å². The minimum Gasteiger partial charge on any atom is -0.392 e. The van der Waals surface area contributed by atoms with Crippen LogP contribution in [0.2, 0.25) is 0 Å². The fourth-order valence-corrected chi connectivity index (χ4v) is 13.0. The molecule has 4 fully saturated rings. The number of aliphatic hydroxyl groups is 6. The second-order valence-corrected chi connectivity index (χ2v) is 19.8. The number of allylic oxidation sites excluding steroid dienone is 5. The van der Waals surface area contributed by atoms with Gasteiger partial charge in [-0.2, -0.15) is 0 Å². The van der Waals surface area contributed by atoms with E-state index >= 15 is 4.79 Å². The lowest BCUT2D eigenvalue weighted by Crippen LogP contribution is -2.67. The number of nitrogens with two attached hydrogens (primary N) is 1. The Labute approximate surface area is 327 Å². The second kappa shape index (κ2) is 14.9. The number of carbonyl (C=O) groups is 1. The molecule has 7 rings (SSSR count). The number of ketones is 1. The van der Waals surface area contributed by atoms with E-state index in [-0.39, 0.29) is 61.4 Å². The van der Waals surface area contributed by atoms with E-state index in [9.17, 15) is 30.6 Å². The van der Waals surface area contributed by atoms with Crippen molar-refractivity contribution in [1.82, 2.24) is 10.6 Å². The monoisotopic (exact) mass is 768 g/mol. The fraction of sp³-hybridized carbons (Fsp3) is 0.795. The van der Waals surface area contributed by atoms with Gasteiger partial charge in [0.15, 0.2) is 5.78 Å². The van der Waals surface area contributed by atoms with Crippen LogP contribution in [0, 0.1) is 58.2 Å². The molecule has 17 atom stereocenters. The van der Waals surface area contributed by atoms with Crippen molar-refractivity contribution in [3.63, 3.8) is 0 Å². The lowest BCUT2D eigenvalue weighted by Gasteiger charge is -2.64. The maximum atomic E-state index is 15.1. The van der Waals surface area contributed by atoms with Crippen LogP contribution in [0.15, 0.2) is 47.3 Å². The summed E-state index contributed by atoms with van der Waals surface area (Å²) in [6, 6.07) is 0. The third-order valence-corrected chi connectivity index (χ3v) is 15.9. The lowest BCUT2D eigenvalue weighted by molar-refractivity contribution is -0.201. The summed E-state index contributed by atoms with van der Waals surface area (Å²) in [7, 11) is 0. The van der Waals surface area contributed by atoms with Crippen molar-refractivity contribution in [3.05, 3.63) is 47.3 Å². The Morgan fingerprint density at radius 1 is 1.11 bits per heavy atom. The highest BCUT2D eigenvalue weighted by Gasteiger charge is 2.73. The number of Topliss-reactive ketones (excluding diaryl/α,β-unsaturated/α-hetero) is 1. The van der Waals surface area contributed by atoms with Crippen molar-refractivity contribution in [3.8, 4) is 0 Å². The molecule has 0 radical (unpaired) electrons. The zero-order valence-electron chi connectivity index (χ0n) is 33.8. The molecule has 0 aromatic heterocycles. The van der Waals surface area contributed by atoms with Gasteiger partial charge < -0.3 is 51.7 Å². The highest BCUT2D eigenvalue weighted by molar-refractivity contribution is 6.00. The van der Waals surface area contributed by atoms with E-state index in [1.807, 2.05) is 25.3 Å². The third-order valence-electron chi connectivity index (χ3n) is 15.9. The summed E-state index contributed by atoms with van der Waals surface area (Å²) >= 11 is 0. The summed E-state index contributed by atoms with van der Waals surface area (Å²) in [4.78, 5) is 15.1. The van der Waals surface area contributed by atoms with Crippen LogP contribution in [0.3, 0.4) is 0 Å². The molecule has 5 aliphatic carbocycles. The Balaban J connectivity index is 1.31. The average molecular weight is 768 g/mol. The highest BCUT2D eigenvalue weighted by Crippen LogP contribution is 2.72. The van der Waals surface area contributed by atoms with Crippen molar-refractivity contribution in [2.45, 2.75) is 147 Å². The molecule has 308 valence electrons. The Morgan fingerprint density at radius 3 is 2.53 bits per heavy atom. The largest absolute Gasteiger partial charge is 0.392 e. The van der Waals surface area contributed by atoms with Gasteiger partial charge in [0.1, 0.15) is 6.10 Å². The molecule has 2 heterocycles. The first-order valence-corrected chi connectivity index (χ1v) is 21.2. The van der Waals surface area contributed by atoms with Gasteiger partial charge in [-0.1, -0.05) is 58.8 Å². The number of fused-ring (bicyclic) bond motifs is 2. The Morgan fingerprint density at radius 2 is 1.85 bits per heavy atom. The lowest BCUT2D eigenvalue weighted by atomic mass is 9.41. The molecule has 0 amide bonds. The van der Waals surface area contributed by atoms with Crippen molar-refractivity contribution in [2.75, 3.05) is 13.2 Å². The molecule has 11 heteroatoms. The molecule has 3 saturated carbocycles. The second-order valence-electron chi connectivity index (χ2n) is 19.8. The van der Waals surface area contributed by atoms with Gasteiger partial charge in [-0.3, -0.25) is 4.79 Å². The van der Waals surface area contributed by atoms with Crippen LogP contribution >= 0.6 is 0 Å². The van der Waals surface area contributed by atoms with Crippen molar-refractivity contribution >= 4 is 5.78 Å². The van der Waals surface area contributed by atoms with Gasteiger partial charge >= 0.3 is 0 Å². The van der Waals surface area contributed by atoms with Gasteiger partial charge in [0.2, 0.25) is 0 Å². The molecule has 1 spiro atoms. The maximum absolute atomic E-state index is 15.1. The number of rotatable bonds is 11. The quantitative estimate of drug-likeness (QED) is 0.140. The SMILES string of the molecule is CC(C)CCC[C@@H]1CO[C@@H]([C@@H](O)[C@](C)(O)[C@H]2CC[C@@]3(O)C4=C(NC[C@H](C)O)C(=O)[C@@H]5C[C@@H](O)[C@@H](O)C[C@@]56C[C@@H](C5=CNC(N)C=C5)C=C[C@H](C[C@]23C)[C@@H]46)[C@H]1C. The van der Waals surface area contributed by atoms with Crippen LogP contribution in [0.5, 0.6) is 0 Å². The highest BCUT2D eigenvalue weighted by atomic mass is 16.5. The first-order chi connectivity index (χ1) is 25.9. The maximum Gasteiger partial charge on any atom is 0.182 e. The molecular formula is C44H69N3O8. The third kappa shape index (κ3) is 6.70. The normalized spacial score (nSPS) is 45.9. The molecule has 55 heavy (non-hydrogen) atoms. The molecule has 0 aromatic rings. The van der Waals surface area contributed by atoms with Crippen molar-refractivity contribution in [2.24, 2.45) is 63.9 Å². The molecule has 1 saturated heterocycles. The van der Waals surface area contributed by atoms with Crippen LogP contribution in [0.25, 0.3) is 0 Å². The first-order valence-electron chi connectivity index (χ1n) is 21.2. The summed E-state index contributed by atoms with van der Waals surface area (Å²) in [5.41, 5.74) is 3.05. The molecule has 0 bridgehead atoms. The average Bonchev–Trinajstić information content (AvgIpc) is 3.56. The first kappa shape index (κ1) is 41.1. The fourth-order valence-electron chi connectivity index (χ4n) is 13.0. The number of dihydropyridines is 1. The van der Waals surface area contributed by atoms with Gasteiger partial charge in [0.25, 0.3) is 0 Å². The van der Waals surface area contributed by atoms with Gasteiger partial charge in [0, 0.05) is 30.0 Å². The van der Waals surface area contributed by atoms with Crippen LogP contribution in [-0.4, -0.2) is 97.5 Å². The molecule has 7 aliphatic rings. The smallest absolute Gasteiger partial charge is 0.182 e. The predicted molar refractivity (Wildman–Crippen MR) is 210 cm³/mol. The van der Waals surface area contributed by atoms with Crippen molar-refractivity contribution in [1.29, 1.82) is 0 Å². The van der Waals surface area contributed by atoms with Crippen molar-refractivity contribution < 1.29 is 40.2 Å². The van der Waals surface area contributed by atoms with Gasteiger partial charge in [-0.15, -0.1) is 0 Å². The van der Waals surface area contributed by atoms with E-state index in [0.29, 0.717) is 49.0 Å². The van der Waals surface area contributed by atoms with E-state index in [1.54, 1.807) is 13.8 Å². The van der Waals surface area contributed by atoms with Crippen LogP contribution < -0.4 is 16.4 Å². The van der Waals surface area contributed by atoms with Crippen LogP contribution in [0.1, 0.15) is 99.3 Å². The van der Waals surface area contributed by atoms with Gasteiger partial charge in [0.05, 0.1) is 54.1 Å². The number of hydrogen-bond donors (Lipinski definition) is 9. The number of carbonyl (C=O) groups excluding carboxylic acids is 1. The summed E-state index contributed by atoms with van der Waals surface area (Å²) < 4.78 is 6.30. The summed E-state index contributed by atoms with van der Waals surface area (Å²) in [6.45, 7) is 12.6. The van der Waals surface area contributed by atoms with E-state index in [4.69, 9.17) is 10.5 Å². The standard InChI is InChI=1S/C44H69N3O8/c1-23(2)8-7-9-29-22-55-39(25(29)4)40(52)42(6,53)33-14-15-44(54)36-35-27(17-41(33,44)5)11-10-26(28-12-13-34(45)46-21-28)18-43(35)19-32(50)31(49)16-30(43)38(51)37(36)47-20-24(3)48/h10-13,21,23-27,29-35,39-40,46-50,52-54H,7-9,14-20,22,45H2,1-6H3/t24-,25-,26-,27+,29+,30-,31+,32-,33-,34?,35-,39+,40+,41+,42+,43-,44+/m0/s1. The number of ether oxygens (including phenoxy) is 1. The minimum atomic E-state index is -1.63. The Hall–Kier alpha value is -2.09. The van der Waals surface area contributed by atoms with E-state index in [0.717, 1.165) is 24.8 Å². The van der Waals surface area contributed by atoms with Crippen LogP contribution in [0.4, 0.5) is 0 Å². The van der Waals surface area contributed by atoms with Gasteiger partial charge in [-0.05, 0) is 117 Å². The topological polar surface area (TPSA) is 198 Å². The molecule has 2 aliphatic heterocycles. The summed E-state index contributed by atoms with van der Waals surface area (Å²) in [5, 5.41) is 77.9. The number of hydrogen-bond acceptors (Lipinski definition) is 11. The molecule has 0 aromatic carbocycles. The number of aliphatic hydroxyl groups excluding tert-OH is 4. The van der Waals surface area contributed by atoms with E-state index < -0.39 is 64.4 Å². The number of nitrogens with one attached hydrogen (secondary N) is 2. The molecule has 10 N–H and O–H groups in total. The predicted octanol–water partition coefficient (Wildman–Crippen LogP) is 3.19. The Kier molecular flexibility index (Phi) is 11.2. The minimum absolute atomic E-state index is 0.0474. The zero-order valence-corrected chi connectivity index (χ0v) is 33.8. The summed E-state index contributed by atoms with van der Waals surface area (Å²) in [5.74, 6) is -1.13. The zero-order chi connectivity index (χ0) is 39.8. The molecule has 11 nitrogen and oxygen atoms in total. The Bertz CT molecular complexity index is 1590. The van der Waals surface area contributed by atoms with E-state index in [1.165, 1.54) is 0 Å². The van der Waals surface area contributed by atoms with Gasteiger partial charge in [-0.25, -0.2) is 0 Å². The molecule has 1 unspecified atom stereocenters. The summed E-state index contributed by atoms with van der Waals surface area (Å²) in [6.07, 6.45) is 10.5. The molecular weight excluding hydrogens is 698 g/mol. The van der Waals surface area contributed by atoms with E-state index in [2.05, 4.69) is 43.6 Å².